The average molecular weight is 282 g/mol. The van der Waals surface area contributed by atoms with Crippen molar-refractivity contribution in [2.24, 2.45) is 0 Å². The number of rotatable bonds is 2. The lowest BCUT2D eigenvalue weighted by Crippen LogP contribution is -1.91. The van der Waals surface area contributed by atoms with E-state index in [0.717, 1.165) is 5.56 Å². The Labute approximate surface area is 121 Å². The summed E-state index contributed by atoms with van der Waals surface area (Å²) in [5, 5.41) is 0. The largest absolute Gasteiger partial charge is 0.236 e. The molecule has 0 saturated heterocycles. The van der Waals surface area contributed by atoms with E-state index in [4.69, 9.17) is 0 Å². The molecule has 3 rings (SSSR count). The minimum absolute atomic E-state index is 0.344. The molecule has 0 aliphatic rings. The Morgan fingerprint density at radius 3 is 2.05 bits per heavy atom. The van der Waals surface area contributed by atoms with Gasteiger partial charge in [-0.2, -0.15) is 0 Å². The molecule has 4 heteroatoms. The van der Waals surface area contributed by atoms with Crippen molar-refractivity contribution in [1.29, 1.82) is 0 Å². The molecule has 0 aliphatic carbocycles. The smallest absolute Gasteiger partial charge is 0.159 e. The highest BCUT2D eigenvalue weighted by molar-refractivity contribution is 5.68. The number of aromatic nitrogens is 2. The molecule has 1 heterocycles. The maximum Gasteiger partial charge on any atom is 0.159 e. The number of benzene rings is 2. The fraction of sp³-hybridized carbons (Fsp3) is 0.0588. The fourth-order valence-electron chi connectivity index (χ4n) is 2.06. The zero-order valence-corrected chi connectivity index (χ0v) is 11.3. The molecule has 104 valence electrons. The second kappa shape index (κ2) is 5.40. The monoisotopic (exact) mass is 282 g/mol. The van der Waals surface area contributed by atoms with Crippen LogP contribution >= 0.6 is 0 Å². The molecule has 0 unspecified atom stereocenters. The van der Waals surface area contributed by atoms with E-state index in [-0.39, 0.29) is 11.6 Å². The van der Waals surface area contributed by atoms with Gasteiger partial charge in [0.15, 0.2) is 5.82 Å². The standard InChI is InChI=1S/C17H12F2N2/c1-11-9-20-17(21-10-11)13-4-7-15(16(19)8-13)12-2-5-14(18)6-3-12/h2-10H,1H3. The first-order valence-electron chi connectivity index (χ1n) is 6.48. The lowest BCUT2D eigenvalue weighted by molar-refractivity contribution is 0.626. The van der Waals surface area contributed by atoms with Crippen LogP contribution in [0, 0.1) is 18.6 Å². The van der Waals surface area contributed by atoms with Crippen LogP contribution in [-0.2, 0) is 0 Å². The molecule has 0 aliphatic heterocycles. The normalized spacial score (nSPS) is 10.6. The Hall–Kier alpha value is -2.62. The van der Waals surface area contributed by atoms with Gasteiger partial charge in [-0.3, -0.25) is 0 Å². The predicted octanol–water partition coefficient (Wildman–Crippen LogP) is 4.40. The molecule has 0 radical (unpaired) electrons. The highest BCUT2D eigenvalue weighted by Crippen LogP contribution is 2.26. The molecule has 0 spiro atoms. The summed E-state index contributed by atoms with van der Waals surface area (Å²) in [6.07, 6.45) is 3.38. The van der Waals surface area contributed by atoms with Crippen LogP contribution < -0.4 is 0 Å². The van der Waals surface area contributed by atoms with E-state index in [1.165, 1.54) is 18.2 Å². The van der Waals surface area contributed by atoms with Gasteiger partial charge in [0.25, 0.3) is 0 Å². The van der Waals surface area contributed by atoms with E-state index in [0.29, 0.717) is 22.5 Å². The van der Waals surface area contributed by atoms with Gasteiger partial charge in [-0.05, 0) is 36.2 Å². The van der Waals surface area contributed by atoms with Crippen LogP contribution in [0.1, 0.15) is 5.56 Å². The summed E-state index contributed by atoms with van der Waals surface area (Å²) in [7, 11) is 0. The van der Waals surface area contributed by atoms with E-state index in [1.807, 2.05) is 6.92 Å². The molecule has 21 heavy (non-hydrogen) atoms. The highest BCUT2D eigenvalue weighted by Gasteiger charge is 2.09. The van der Waals surface area contributed by atoms with Crippen LogP contribution in [0.5, 0.6) is 0 Å². The molecule has 0 atom stereocenters. The summed E-state index contributed by atoms with van der Waals surface area (Å²) in [4.78, 5) is 8.35. The highest BCUT2D eigenvalue weighted by atomic mass is 19.1. The van der Waals surface area contributed by atoms with E-state index in [9.17, 15) is 8.78 Å². The predicted molar refractivity (Wildman–Crippen MR) is 77.6 cm³/mol. The summed E-state index contributed by atoms with van der Waals surface area (Å²) in [6.45, 7) is 1.89. The van der Waals surface area contributed by atoms with Crippen LogP contribution in [-0.4, -0.2) is 9.97 Å². The lowest BCUT2D eigenvalue weighted by Gasteiger charge is -2.06. The molecular weight excluding hydrogens is 270 g/mol. The van der Waals surface area contributed by atoms with E-state index < -0.39 is 0 Å². The summed E-state index contributed by atoms with van der Waals surface area (Å²) in [5.41, 5.74) is 2.61. The Bertz CT molecular complexity index is 766. The quantitative estimate of drug-likeness (QED) is 0.696. The fourth-order valence-corrected chi connectivity index (χ4v) is 2.06. The molecule has 0 saturated carbocycles. The third-order valence-electron chi connectivity index (χ3n) is 3.16. The van der Waals surface area contributed by atoms with E-state index in [1.54, 1.807) is 36.7 Å². The van der Waals surface area contributed by atoms with Gasteiger partial charge >= 0.3 is 0 Å². The molecule has 2 aromatic carbocycles. The van der Waals surface area contributed by atoms with Crippen LogP contribution in [0.3, 0.4) is 0 Å². The van der Waals surface area contributed by atoms with Gasteiger partial charge in [-0.25, -0.2) is 18.7 Å². The zero-order chi connectivity index (χ0) is 14.8. The molecule has 1 aromatic heterocycles. The number of halogens is 2. The van der Waals surface area contributed by atoms with E-state index in [2.05, 4.69) is 9.97 Å². The number of hydrogen-bond donors (Lipinski definition) is 0. The molecular formula is C17H12F2N2. The topological polar surface area (TPSA) is 25.8 Å². The third kappa shape index (κ3) is 2.79. The first-order valence-corrected chi connectivity index (χ1v) is 6.48. The van der Waals surface area contributed by atoms with Crippen molar-refractivity contribution in [2.45, 2.75) is 6.92 Å². The minimum atomic E-state index is -0.386. The third-order valence-corrected chi connectivity index (χ3v) is 3.16. The molecule has 2 nitrogen and oxygen atoms in total. The van der Waals surface area contributed by atoms with Crippen LogP contribution in [0.15, 0.2) is 54.9 Å². The van der Waals surface area contributed by atoms with Crippen LogP contribution in [0.25, 0.3) is 22.5 Å². The van der Waals surface area contributed by atoms with Gasteiger partial charge in [0.05, 0.1) is 0 Å². The van der Waals surface area contributed by atoms with Gasteiger partial charge in [0, 0.05) is 23.5 Å². The van der Waals surface area contributed by atoms with Crippen molar-refractivity contribution in [2.75, 3.05) is 0 Å². The molecule has 0 fully saturated rings. The number of aryl methyl sites for hydroxylation is 1. The molecule has 0 N–H and O–H groups in total. The second-order valence-electron chi connectivity index (χ2n) is 4.79. The molecule has 3 aromatic rings. The maximum absolute atomic E-state index is 14.3. The van der Waals surface area contributed by atoms with Crippen molar-refractivity contribution in [3.63, 3.8) is 0 Å². The van der Waals surface area contributed by atoms with Crippen molar-refractivity contribution < 1.29 is 8.78 Å². The van der Waals surface area contributed by atoms with Gasteiger partial charge in [-0.15, -0.1) is 0 Å². The van der Waals surface area contributed by atoms with Gasteiger partial charge in [0.1, 0.15) is 11.6 Å². The Balaban J connectivity index is 1.99. The van der Waals surface area contributed by atoms with Crippen molar-refractivity contribution in [3.05, 3.63) is 72.1 Å². The summed E-state index contributed by atoms with van der Waals surface area (Å²) in [6, 6.07) is 10.5. The maximum atomic E-state index is 14.3. The molecule has 0 bridgehead atoms. The SMILES string of the molecule is Cc1cnc(-c2ccc(-c3ccc(F)cc3)c(F)c2)nc1. The first-order chi connectivity index (χ1) is 10.1. The van der Waals surface area contributed by atoms with Crippen LogP contribution in [0.4, 0.5) is 8.78 Å². The number of hydrogen-bond acceptors (Lipinski definition) is 2. The second-order valence-corrected chi connectivity index (χ2v) is 4.79. The summed E-state index contributed by atoms with van der Waals surface area (Å²) in [5.74, 6) is -0.253. The lowest BCUT2D eigenvalue weighted by atomic mass is 10.0. The van der Waals surface area contributed by atoms with Gasteiger partial charge in [0.2, 0.25) is 0 Å². The number of nitrogens with zero attached hydrogens (tertiary/aromatic N) is 2. The Kier molecular flexibility index (Phi) is 3.44. The van der Waals surface area contributed by atoms with Crippen LogP contribution in [0.2, 0.25) is 0 Å². The Morgan fingerprint density at radius 1 is 0.810 bits per heavy atom. The molecule has 0 amide bonds. The summed E-state index contributed by atoms with van der Waals surface area (Å²) < 4.78 is 27.2. The van der Waals surface area contributed by atoms with Crippen molar-refractivity contribution in [1.82, 2.24) is 9.97 Å². The average Bonchev–Trinajstić information content (AvgIpc) is 2.49. The minimum Gasteiger partial charge on any atom is -0.236 e. The summed E-state index contributed by atoms with van der Waals surface area (Å²) >= 11 is 0. The Morgan fingerprint density at radius 2 is 1.43 bits per heavy atom. The van der Waals surface area contributed by atoms with Gasteiger partial charge < -0.3 is 0 Å². The van der Waals surface area contributed by atoms with Crippen molar-refractivity contribution in [3.8, 4) is 22.5 Å². The zero-order valence-electron chi connectivity index (χ0n) is 11.3. The first kappa shape index (κ1) is 13.4. The van der Waals surface area contributed by atoms with Gasteiger partial charge in [-0.1, -0.05) is 24.3 Å². The van der Waals surface area contributed by atoms with Crippen molar-refractivity contribution >= 4 is 0 Å². The van der Waals surface area contributed by atoms with E-state index >= 15 is 0 Å².